The second kappa shape index (κ2) is 7.82. The van der Waals surface area contributed by atoms with Crippen LogP contribution in [0.4, 0.5) is 0 Å². The van der Waals surface area contributed by atoms with Gasteiger partial charge >= 0.3 is 0 Å². The molecule has 5 nitrogen and oxygen atoms in total. The van der Waals surface area contributed by atoms with E-state index >= 15 is 0 Å². The van der Waals surface area contributed by atoms with Crippen LogP contribution in [-0.4, -0.2) is 25.2 Å². The maximum Gasteiger partial charge on any atom is 0.185 e. The van der Waals surface area contributed by atoms with Gasteiger partial charge in [0.05, 0.1) is 6.61 Å². The average Bonchev–Trinajstić information content (AvgIpc) is 2.11. The molecule has 5 heteroatoms. The lowest BCUT2D eigenvalue weighted by Crippen LogP contribution is -2.35. The monoisotopic (exact) mass is 188 g/mol. The van der Waals surface area contributed by atoms with E-state index in [1.165, 1.54) is 0 Å². The van der Waals surface area contributed by atoms with E-state index in [2.05, 4.69) is 24.6 Å². The van der Waals surface area contributed by atoms with Gasteiger partial charge in [-0.2, -0.15) is 5.48 Å². The van der Waals surface area contributed by atoms with Crippen molar-refractivity contribution >= 4 is 5.96 Å². The molecule has 0 bridgehead atoms. The second-order valence-corrected chi connectivity index (χ2v) is 2.82. The van der Waals surface area contributed by atoms with Crippen molar-refractivity contribution in [2.75, 3.05) is 13.2 Å². The smallest absolute Gasteiger partial charge is 0.185 e. The third-order valence-corrected chi connectivity index (χ3v) is 1.76. The van der Waals surface area contributed by atoms with Gasteiger partial charge in [0.2, 0.25) is 0 Å². The Morgan fingerprint density at radius 1 is 1.46 bits per heavy atom. The van der Waals surface area contributed by atoms with Crippen molar-refractivity contribution < 1.29 is 4.84 Å². The highest BCUT2D eigenvalue weighted by Gasteiger charge is 2.00. The van der Waals surface area contributed by atoms with Crippen LogP contribution in [-0.2, 0) is 4.84 Å². The maximum absolute atomic E-state index is 6.88. The summed E-state index contributed by atoms with van der Waals surface area (Å²) in [6.45, 7) is 5.29. The third kappa shape index (κ3) is 7.55. The maximum atomic E-state index is 6.88. The van der Waals surface area contributed by atoms with E-state index < -0.39 is 0 Å². The predicted octanol–water partition coefficient (Wildman–Crippen LogP) is 0.179. The van der Waals surface area contributed by atoms with Gasteiger partial charge in [-0.3, -0.25) is 10.2 Å². The van der Waals surface area contributed by atoms with E-state index in [0.29, 0.717) is 19.2 Å². The van der Waals surface area contributed by atoms with Gasteiger partial charge in [0.15, 0.2) is 5.96 Å². The second-order valence-electron chi connectivity index (χ2n) is 2.82. The summed E-state index contributed by atoms with van der Waals surface area (Å²) in [5, 5.41) is 9.53. The Labute approximate surface area is 79.5 Å². The quantitative estimate of drug-likeness (QED) is 0.199. The fourth-order valence-corrected chi connectivity index (χ4v) is 0.869. The number of nitrogens with two attached hydrogens (primary N) is 1. The Hall–Kier alpha value is -0.810. The van der Waals surface area contributed by atoms with E-state index in [9.17, 15) is 0 Å². The highest BCUT2D eigenvalue weighted by Crippen LogP contribution is 1.94. The van der Waals surface area contributed by atoms with Gasteiger partial charge in [-0.25, -0.2) is 0 Å². The van der Waals surface area contributed by atoms with Crippen LogP contribution < -0.4 is 16.5 Å². The molecule has 0 aliphatic heterocycles. The molecule has 0 rings (SSSR count). The number of hydrogen-bond acceptors (Lipinski definition) is 3. The Bertz CT molecular complexity index is 136. The van der Waals surface area contributed by atoms with Gasteiger partial charge in [-0.05, 0) is 12.8 Å². The first-order chi connectivity index (χ1) is 6.20. The lowest BCUT2D eigenvalue weighted by molar-refractivity contribution is 0.0176. The number of guanidine groups is 1. The molecule has 0 radical (unpaired) electrons. The molecule has 0 aromatic rings. The van der Waals surface area contributed by atoms with Gasteiger partial charge in [0.1, 0.15) is 0 Å². The summed E-state index contributed by atoms with van der Waals surface area (Å²) in [5.74, 6) is -0.0221. The van der Waals surface area contributed by atoms with Gasteiger partial charge in [-0.15, -0.1) is 0 Å². The number of hydroxylamine groups is 1. The molecule has 0 fully saturated rings. The van der Waals surface area contributed by atoms with Crippen LogP contribution in [0.5, 0.6) is 0 Å². The topological polar surface area (TPSA) is 83.2 Å². The van der Waals surface area contributed by atoms with Crippen LogP contribution in [0, 0.1) is 5.41 Å². The molecule has 0 unspecified atom stereocenters. The van der Waals surface area contributed by atoms with Crippen molar-refractivity contribution in [1.82, 2.24) is 10.8 Å². The minimum absolute atomic E-state index is 0.0221. The molecule has 0 saturated carbocycles. The molecule has 0 aliphatic carbocycles. The Balaban J connectivity index is 3.19. The standard InChI is InChI=1S/C8H20N4O/c1-3-7(4-2)12-13-6-5-11-8(9)10/h7,12H,3-6H2,1-2H3,(H4,9,10,11). The van der Waals surface area contributed by atoms with Crippen LogP contribution in [0.3, 0.4) is 0 Å². The van der Waals surface area contributed by atoms with Crippen LogP contribution in [0.15, 0.2) is 0 Å². The highest BCUT2D eigenvalue weighted by molar-refractivity contribution is 5.74. The lowest BCUT2D eigenvalue weighted by Gasteiger charge is -2.14. The number of rotatable bonds is 7. The van der Waals surface area contributed by atoms with Gasteiger partial charge < -0.3 is 11.1 Å². The predicted molar refractivity (Wildman–Crippen MR) is 53.4 cm³/mol. The third-order valence-electron chi connectivity index (χ3n) is 1.76. The van der Waals surface area contributed by atoms with E-state index in [-0.39, 0.29) is 5.96 Å². The van der Waals surface area contributed by atoms with Gasteiger partial charge in [0.25, 0.3) is 0 Å². The summed E-state index contributed by atoms with van der Waals surface area (Å²) >= 11 is 0. The zero-order valence-electron chi connectivity index (χ0n) is 8.39. The molecule has 0 saturated heterocycles. The molecule has 0 atom stereocenters. The summed E-state index contributed by atoms with van der Waals surface area (Å²) < 4.78 is 0. The molecule has 0 spiro atoms. The largest absolute Gasteiger partial charge is 0.370 e. The molecule has 0 amide bonds. The van der Waals surface area contributed by atoms with Crippen LogP contribution in [0.25, 0.3) is 0 Å². The summed E-state index contributed by atoms with van der Waals surface area (Å²) in [7, 11) is 0. The molecular weight excluding hydrogens is 168 g/mol. The number of nitrogens with one attached hydrogen (secondary N) is 3. The molecule has 5 N–H and O–H groups in total. The zero-order chi connectivity index (χ0) is 10.1. The van der Waals surface area contributed by atoms with Crippen molar-refractivity contribution in [3.63, 3.8) is 0 Å². The summed E-state index contributed by atoms with van der Waals surface area (Å²) in [4.78, 5) is 5.16. The van der Waals surface area contributed by atoms with Crippen LogP contribution >= 0.6 is 0 Å². The van der Waals surface area contributed by atoms with Gasteiger partial charge in [-0.1, -0.05) is 13.8 Å². The SMILES string of the molecule is CCC(CC)NOCCNC(=N)N. The fourth-order valence-electron chi connectivity index (χ4n) is 0.869. The normalized spacial score (nSPS) is 10.4. The fraction of sp³-hybridized carbons (Fsp3) is 0.875. The first kappa shape index (κ1) is 12.2. The molecule has 0 aromatic carbocycles. The molecule has 0 heterocycles. The van der Waals surface area contributed by atoms with Crippen LogP contribution in [0.1, 0.15) is 26.7 Å². The van der Waals surface area contributed by atoms with Crippen molar-refractivity contribution in [3.8, 4) is 0 Å². The summed E-state index contributed by atoms with van der Waals surface area (Å²) in [6, 6.07) is 0.414. The first-order valence-corrected chi connectivity index (χ1v) is 4.65. The molecule has 78 valence electrons. The Kier molecular flexibility index (Phi) is 7.33. The number of hydrogen-bond donors (Lipinski definition) is 4. The summed E-state index contributed by atoms with van der Waals surface area (Å²) in [6.07, 6.45) is 2.10. The minimum atomic E-state index is -0.0221. The van der Waals surface area contributed by atoms with E-state index in [0.717, 1.165) is 12.8 Å². The van der Waals surface area contributed by atoms with E-state index in [4.69, 9.17) is 16.0 Å². The lowest BCUT2D eigenvalue weighted by atomic mass is 10.2. The van der Waals surface area contributed by atoms with Crippen LogP contribution in [0.2, 0.25) is 0 Å². The van der Waals surface area contributed by atoms with Crippen molar-refractivity contribution in [2.45, 2.75) is 32.7 Å². The van der Waals surface area contributed by atoms with Crippen molar-refractivity contribution in [3.05, 3.63) is 0 Å². The molecular formula is C8H20N4O. The van der Waals surface area contributed by atoms with E-state index in [1.807, 2.05) is 0 Å². The minimum Gasteiger partial charge on any atom is -0.370 e. The Morgan fingerprint density at radius 2 is 2.08 bits per heavy atom. The Morgan fingerprint density at radius 3 is 2.54 bits per heavy atom. The first-order valence-electron chi connectivity index (χ1n) is 4.65. The summed E-state index contributed by atoms with van der Waals surface area (Å²) in [5.41, 5.74) is 8.02. The van der Waals surface area contributed by atoms with Crippen molar-refractivity contribution in [1.29, 1.82) is 5.41 Å². The van der Waals surface area contributed by atoms with Gasteiger partial charge in [0, 0.05) is 12.6 Å². The molecule has 0 aliphatic rings. The highest BCUT2D eigenvalue weighted by atomic mass is 16.6. The van der Waals surface area contributed by atoms with E-state index in [1.54, 1.807) is 0 Å². The van der Waals surface area contributed by atoms with Crippen molar-refractivity contribution in [2.24, 2.45) is 5.73 Å². The zero-order valence-corrected chi connectivity index (χ0v) is 8.39. The average molecular weight is 188 g/mol. The molecule has 13 heavy (non-hydrogen) atoms. The molecule has 0 aromatic heterocycles.